The van der Waals surface area contributed by atoms with Crippen LogP contribution in [0.1, 0.15) is 58.3 Å². The van der Waals surface area contributed by atoms with Gasteiger partial charge in [0.15, 0.2) is 0 Å². The Hall–Kier alpha value is -0.670. The third-order valence-electron chi connectivity index (χ3n) is 7.79. The first-order valence-corrected chi connectivity index (χ1v) is 9.03. The Balaban J connectivity index is 1.72. The van der Waals surface area contributed by atoms with Crippen LogP contribution in [0.25, 0.3) is 0 Å². The van der Waals surface area contributed by atoms with E-state index in [9.17, 15) is 15.0 Å². The summed E-state index contributed by atoms with van der Waals surface area (Å²) in [5, 5.41) is 20.3. The number of aliphatic hydroxyl groups excluding tert-OH is 2. The molecule has 0 spiro atoms. The summed E-state index contributed by atoms with van der Waals surface area (Å²) in [6.07, 6.45) is 9.45. The molecule has 0 aromatic carbocycles. The number of ketones is 1. The summed E-state index contributed by atoms with van der Waals surface area (Å²) in [6.45, 7) is 2.41. The van der Waals surface area contributed by atoms with Crippen LogP contribution in [-0.4, -0.2) is 28.7 Å². The number of allylic oxidation sites excluding steroid dienone is 1. The van der Waals surface area contributed by atoms with Gasteiger partial charge in [-0.2, -0.15) is 0 Å². The summed E-state index contributed by atoms with van der Waals surface area (Å²) < 4.78 is 0. The molecular formula is C19H28O3. The van der Waals surface area contributed by atoms with Gasteiger partial charge in [0.05, 0.1) is 12.7 Å². The molecule has 0 heterocycles. The minimum Gasteiger partial charge on any atom is -0.395 e. The second kappa shape index (κ2) is 4.91. The van der Waals surface area contributed by atoms with Gasteiger partial charge >= 0.3 is 0 Å². The predicted octanol–water partition coefficient (Wildman–Crippen LogP) is 2.85. The van der Waals surface area contributed by atoms with Crippen LogP contribution < -0.4 is 0 Å². The molecule has 0 bridgehead atoms. The molecule has 0 aromatic rings. The molecule has 6 atom stereocenters. The molecule has 2 N–H and O–H groups in total. The Labute approximate surface area is 132 Å². The van der Waals surface area contributed by atoms with Crippen LogP contribution in [0.3, 0.4) is 0 Å². The number of carbonyl (C=O) groups is 1. The number of hydrogen-bond acceptors (Lipinski definition) is 3. The maximum atomic E-state index is 12.4. The van der Waals surface area contributed by atoms with Crippen LogP contribution in [0.15, 0.2) is 11.6 Å². The number of carbonyl (C=O) groups excluding carboxylic acids is 1. The highest BCUT2D eigenvalue weighted by atomic mass is 16.3. The molecule has 3 fully saturated rings. The van der Waals surface area contributed by atoms with Crippen LogP contribution in [0, 0.1) is 28.6 Å². The Morgan fingerprint density at radius 3 is 2.82 bits per heavy atom. The number of fused-ring (bicyclic) bond motifs is 5. The molecule has 0 radical (unpaired) electrons. The van der Waals surface area contributed by atoms with Crippen molar-refractivity contribution in [1.82, 2.24) is 0 Å². The van der Waals surface area contributed by atoms with Crippen molar-refractivity contribution in [2.75, 3.05) is 6.61 Å². The van der Waals surface area contributed by atoms with Crippen molar-refractivity contribution in [3.8, 4) is 0 Å². The average molecular weight is 304 g/mol. The SMILES string of the molecule is C[C@@]12CC[C@@H]3[C@@H](CC=C4C[C@H](O)CC[C@@]43CO)[C@@H]1CCC2=O. The summed E-state index contributed by atoms with van der Waals surface area (Å²) in [5.74, 6) is 2.04. The van der Waals surface area contributed by atoms with E-state index < -0.39 is 0 Å². The van der Waals surface area contributed by atoms with Crippen LogP contribution in [0.5, 0.6) is 0 Å². The highest BCUT2D eigenvalue weighted by Gasteiger charge is 2.59. The normalized spacial score (nSPS) is 50.9. The van der Waals surface area contributed by atoms with Crippen LogP contribution in [-0.2, 0) is 4.79 Å². The van der Waals surface area contributed by atoms with Gasteiger partial charge in [0, 0.05) is 17.3 Å². The third kappa shape index (κ3) is 1.78. The molecule has 0 aliphatic heterocycles. The molecule has 3 heteroatoms. The van der Waals surface area contributed by atoms with Crippen molar-refractivity contribution in [2.24, 2.45) is 28.6 Å². The van der Waals surface area contributed by atoms with Gasteiger partial charge in [0.1, 0.15) is 5.78 Å². The van der Waals surface area contributed by atoms with Crippen molar-refractivity contribution >= 4 is 5.78 Å². The Bertz CT molecular complexity index is 525. The van der Waals surface area contributed by atoms with Crippen molar-refractivity contribution < 1.29 is 15.0 Å². The highest BCUT2D eigenvalue weighted by molar-refractivity contribution is 5.87. The fourth-order valence-corrected chi connectivity index (χ4v) is 6.50. The van der Waals surface area contributed by atoms with E-state index in [1.54, 1.807) is 0 Å². The summed E-state index contributed by atoms with van der Waals surface area (Å²) in [7, 11) is 0. The fraction of sp³-hybridized carbons (Fsp3) is 0.842. The zero-order valence-corrected chi connectivity index (χ0v) is 13.6. The van der Waals surface area contributed by atoms with Gasteiger partial charge in [-0.05, 0) is 62.7 Å². The van der Waals surface area contributed by atoms with E-state index >= 15 is 0 Å². The Kier molecular flexibility index (Phi) is 3.32. The third-order valence-corrected chi connectivity index (χ3v) is 7.79. The molecule has 4 aliphatic rings. The van der Waals surface area contributed by atoms with Crippen molar-refractivity contribution in [3.63, 3.8) is 0 Å². The van der Waals surface area contributed by atoms with Crippen LogP contribution >= 0.6 is 0 Å². The lowest BCUT2D eigenvalue weighted by atomic mass is 9.47. The first-order chi connectivity index (χ1) is 10.5. The van der Waals surface area contributed by atoms with E-state index in [4.69, 9.17) is 0 Å². The molecule has 0 aromatic heterocycles. The second-order valence-corrected chi connectivity index (χ2v) is 8.47. The zero-order chi connectivity index (χ0) is 15.5. The Morgan fingerprint density at radius 1 is 1.23 bits per heavy atom. The van der Waals surface area contributed by atoms with E-state index in [0.717, 1.165) is 51.4 Å². The van der Waals surface area contributed by atoms with Gasteiger partial charge in [-0.1, -0.05) is 18.6 Å². The number of rotatable bonds is 1. The summed E-state index contributed by atoms with van der Waals surface area (Å²) in [5.41, 5.74) is 1.11. The van der Waals surface area contributed by atoms with E-state index in [1.807, 2.05) is 0 Å². The van der Waals surface area contributed by atoms with Gasteiger partial charge in [0.2, 0.25) is 0 Å². The molecule has 3 saturated carbocycles. The van der Waals surface area contributed by atoms with Gasteiger partial charge in [-0.3, -0.25) is 4.79 Å². The monoisotopic (exact) mass is 304 g/mol. The summed E-state index contributed by atoms with van der Waals surface area (Å²) in [4.78, 5) is 12.4. The Morgan fingerprint density at radius 2 is 2.05 bits per heavy atom. The predicted molar refractivity (Wildman–Crippen MR) is 84.1 cm³/mol. The molecule has 4 aliphatic carbocycles. The number of aliphatic hydroxyl groups is 2. The second-order valence-electron chi connectivity index (χ2n) is 8.47. The van der Waals surface area contributed by atoms with Gasteiger partial charge < -0.3 is 10.2 Å². The number of hydrogen-bond donors (Lipinski definition) is 2. The first-order valence-electron chi connectivity index (χ1n) is 9.03. The van der Waals surface area contributed by atoms with Gasteiger partial charge in [-0.15, -0.1) is 0 Å². The molecular weight excluding hydrogens is 276 g/mol. The molecule has 122 valence electrons. The molecule has 3 nitrogen and oxygen atoms in total. The number of Topliss-reactive ketones (excluding diaryl/α,β-unsaturated/α-hetero) is 1. The smallest absolute Gasteiger partial charge is 0.139 e. The van der Waals surface area contributed by atoms with Crippen molar-refractivity contribution in [1.29, 1.82) is 0 Å². The van der Waals surface area contributed by atoms with E-state index in [-0.39, 0.29) is 23.5 Å². The quantitative estimate of drug-likeness (QED) is 0.732. The maximum Gasteiger partial charge on any atom is 0.139 e. The fourth-order valence-electron chi connectivity index (χ4n) is 6.50. The summed E-state index contributed by atoms with van der Waals surface area (Å²) >= 11 is 0. The van der Waals surface area contributed by atoms with Crippen LogP contribution in [0.4, 0.5) is 0 Å². The minimum absolute atomic E-state index is 0.0999. The van der Waals surface area contributed by atoms with E-state index in [2.05, 4.69) is 13.0 Å². The van der Waals surface area contributed by atoms with E-state index in [0.29, 0.717) is 23.5 Å². The lowest BCUT2D eigenvalue weighted by molar-refractivity contribution is -0.133. The zero-order valence-electron chi connectivity index (χ0n) is 13.6. The largest absolute Gasteiger partial charge is 0.395 e. The first kappa shape index (κ1) is 14.9. The minimum atomic E-state index is -0.232. The maximum absolute atomic E-state index is 12.4. The summed E-state index contributed by atoms with van der Waals surface area (Å²) in [6, 6.07) is 0. The van der Waals surface area contributed by atoms with Gasteiger partial charge in [0.25, 0.3) is 0 Å². The van der Waals surface area contributed by atoms with E-state index in [1.165, 1.54) is 5.57 Å². The molecule has 22 heavy (non-hydrogen) atoms. The topological polar surface area (TPSA) is 57.5 Å². The molecule has 4 rings (SSSR count). The molecule has 0 unspecified atom stereocenters. The van der Waals surface area contributed by atoms with Crippen molar-refractivity contribution in [3.05, 3.63) is 11.6 Å². The lowest BCUT2D eigenvalue weighted by Gasteiger charge is -2.57. The van der Waals surface area contributed by atoms with Gasteiger partial charge in [-0.25, -0.2) is 0 Å². The highest BCUT2D eigenvalue weighted by Crippen LogP contribution is 2.63. The average Bonchev–Trinajstić information content (AvgIpc) is 2.82. The molecule has 0 saturated heterocycles. The lowest BCUT2D eigenvalue weighted by Crippen LogP contribution is -2.53. The standard InChI is InChI=1S/C19H28O3/c1-18-8-7-16-14(15(18)4-5-17(18)22)3-2-12-10-13(21)6-9-19(12,16)11-20/h2,13-16,20-21H,3-11H2,1H3/t13-,14+,15+,16-,18-,19-/m1/s1. The molecule has 0 amide bonds. The van der Waals surface area contributed by atoms with Crippen molar-refractivity contribution in [2.45, 2.75) is 64.4 Å². The van der Waals surface area contributed by atoms with Crippen LogP contribution in [0.2, 0.25) is 0 Å².